The first kappa shape index (κ1) is 17.0. The van der Waals surface area contributed by atoms with Gasteiger partial charge < -0.3 is 0 Å². The van der Waals surface area contributed by atoms with Gasteiger partial charge in [0, 0.05) is 11.1 Å². The Kier molecular flexibility index (Phi) is 4.42. The van der Waals surface area contributed by atoms with Gasteiger partial charge >= 0.3 is 0 Å². The van der Waals surface area contributed by atoms with Crippen LogP contribution in [0.25, 0.3) is 34.2 Å². The molecule has 0 aliphatic heterocycles. The van der Waals surface area contributed by atoms with Crippen LogP contribution in [0.15, 0.2) is 72.8 Å². The maximum atomic E-state index is 14.5. The molecule has 5 heteroatoms. The number of nitrogens with zero attached hydrogens (tertiary/aromatic N) is 3. The van der Waals surface area contributed by atoms with Crippen LogP contribution in [0.5, 0.6) is 0 Å². The minimum atomic E-state index is -0.968. The van der Waals surface area contributed by atoms with Crippen LogP contribution in [-0.4, -0.2) is 15.0 Å². The van der Waals surface area contributed by atoms with Gasteiger partial charge in [0.15, 0.2) is 29.1 Å². The molecule has 27 heavy (non-hydrogen) atoms. The lowest BCUT2D eigenvalue weighted by molar-refractivity contribution is 0.509. The lowest BCUT2D eigenvalue weighted by atomic mass is 10.1. The van der Waals surface area contributed by atoms with Crippen molar-refractivity contribution in [2.75, 3.05) is 0 Å². The third-order valence-electron chi connectivity index (χ3n) is 4.11. The van der Waals surface area contributed by atoms with E-state index >= 15 is 0 Å². The quantitative estimate of drug-likeness (QED) is 0.488. The summed E-state index contributed by atoms with van der Waals surface area (Å²) in [5.41, 5.74) is 2.15. The molecule has 0 spiro atoms. The lowest BCUT2D eigenvalue weighted by Gasteiger charge is -2.09. The highest BCUT2D eigenvalue weighted by Gasteiger charge is 2.17. The molecule has 0 aliphatic rings. The molecule has 0 saturated heterocycles. The largest absolute Gasteiger partial charge is 0.208 e. The number of halogens is 2. The van der Waals surface area contributed by atoms with E-state index in [2.05, 4.69) is 15.0 Å². The van der Waals surface area contributed by atoms with Crippen LogP contribution in [0.4, 0.5) is 8.78 Å². The standard InChI is InChI=1S/C22H15F2N3/c1-14-12-17(19(24)18(23)13-14)22-26-20(15-8-4-2-5-9-15)25-21(27-22)16-10-6-3-7-11-16/h2-13H,1H3. The molecular weight excluding hydrogens is 344 g/mol. The third-order valence-corrected chi connectivity index (χ3v) is 4.11. The van der Waals surface area contributed by atoms with Crippen molar-refractivity contribution in [2.45, 2.75) is 6.92 Å². The van der Waals surface area contributed by atoms with Crippen LogP contribution in [-0.2, 0) is 0 Å². The third kappa shape index (κ3) is 3.44. The number of benzene rings is 3. The van der Waals surface area contributed by atoms with Crippen molar-refractivity contribution in [3.63, 3.8) is 0 Å². The van der Waals surface area contributed by atoms with Crippen molar-refractivity contribution in [3.8, 4) is 34.2 Å². The van der Waals surface area contributed by atoms with Gasteiger partial charge in [0.05, 0.1) is 5.56 Å². The molecule has 0 amide bonds. The summed E-state index contributed by atoms with van der Waals surface area (Å²) in [6.45, 7) is 1.70. The molecule has 0 saturated carbocycles. The van der Waals surface area contributed by atoms with E-state index in [0.717, 1.165) is 17.2 Å². The van der Waals surface area contributed by atoms with Gasteiger partial charge in [0.1, 0.15) is 0 Å². The van der Waals surface area contributed by atoms with Gasteiger partial charge in [0.25, 0.3) is 0 Å². The fourth-order valence-electron chi connectivity index (χ4n) is 2.82. The molecule has 0 radical (unpaired) electrons. The second-order valence-corrected chi connectivity index (χ2v) is 6.15. The van der Waals surface area contributed by atoms with E-state index < -0.39 is 11.6 Å². The Morgan fingerprint density at radius 1 is 0.630 bits per heavy atom. The van der Waals surface area contributed by atoms with E-state index in [1.54, 1.807) is 6.92 Å². The van der Waals surface area contributed by atoms with Crippen molar-refractivity contribution in [1.29, 1.82) is 0 Å². The summed E-state index contributed by atoms with van der Waals surface area (Å²) in [5.74, 6) is -0.984. The summed E-state index contributed by atoms with van der Waals surface area (Å²) in [5, 5.41) is 0. The van der Waals surface area contributed by atoms with Gasteiger partial charge in [-0.15, -0.1) is 0 Å². The zero-order valence-electron chi connectivity index (χ0n) is 14.5. The average molecular weight is 359 g/mol. The molecule has 3 nitrogen and oxygen atoms in total. The maximum Gasteiger partial charge on any atom is 0.169 e. The van der Waals surface area contributed by atoms with Crippen molar-refractivity contribution in [3.05, 3.63) is 90.0 Å². The summed E-state index contributed by atoms with van der Waals surface area (Å²) < 4.78 is 28.4. The Morgan fingerprint density at radius 3 is 1.63 bits per heavy atom. The normalized spacial score (nSPS) is 10.8. The summed E-state index contributed by atoms with van der Waals surface area (Å²) >= 11 is 0. The average Bonchev–Trinajstić information content (AvgIpc) is 2.71. The van der Waals surface area contributed by atoms with Gasteiger partial charge in [-0.25, -0.2) is 23.7 Å². The van der Waals surface area contributed by atoms with Crippen LogP contribution in [0, 0.1) is 18.6 Å². The molecular formula is C22H15F2N3. The Bertz CT molecular complexity index is 1040. The molecule has 0 aliphatic carbocycles. The number of aryl methyl sites for hydroxylation is 1. The molecule has 0 atom stereocenters. The predicted octanol–water partition coefficient (Wildman–Crippen LogP) is 5.46. The van der Waals surface area contributed by atoms with Gasteiger partial charge in [-0.1, -0.05) is 60.7 Å². The van der Waals surface area contributed by atoms with E-state index in [-0.39, 0.29) is 11.4 Å². The van der Waals surface area contributed by atoms with Crippen molar-refractivity contribution < 1.29 is 8.78 Å². The SMILES string of the molecule is Cc1cc(F)c(F)c(-c2nc(-c3ccccc3)nc(-c3ccccc3)n2)c1. The summed E-state index contributed by atoms with van der Waals surface area (Å²) in [7, 11) is 0. The molecule has 1 aromatic heterocycles. The molecule has 132 valence electrons. The molecule has 0 unspecified atom stereocenters. The van der Waals surface area contributed by atoms with Gasteiger partial charge in [0.2, 0.25) is 0 Å². The minimum Gasteiger partial charge on any atom is -0.208 e. The minimum absolute atomic E-state index is 0.0178. The molecule has 1 heterocycles. The Labute approximate surface area is 155 Å². The van der Waals surface area contributed by atoms with Crippen molar-refractivity contribution in [1.82, 2.24) is 15.0 Å². The zero-order valence-corrected chi connectivity index (χ0v) is 14.5. The van der Waals surface area contributed by atoms with Gasteiger partial charge in [-0.05, 0) is 24.6 Å². The first-order valence-corrected chi connectivity index (χ1v) is 8.45. The van der Waals surface area contributed by atoms with Crippen LogP contribution >= 0.6 is 0 Å². The first-order valence-electron chi connectivity index (χ1n) is 8.45. The van der Waals surface area contributed by atoms with Crippen molar-refractivity contribution >= 4 is 0 Å². The molecule has 0 N–H and O–H groups in total. The van der Waals surface area contributed by atoms with Crippen LogP contribution < -0.4 is 0 Å². The summed E-state index contributed by atoms with van der Waals surface area (Å²) in [6, 6.07) is 21.4. The highest BCUT2D eigenvalue weighted by molar-refractivity contribution is 5.67. The summed E-state index contributed by atoms with van der Waals surface area (Å²) in [6.07, 6.45) is 0. The van der Waals surface area contributed by atoms with E-state index in [4.69, 9.17) is 0 Å². The second-order valence-electron chi connectivity index (χ2n) is 6.15. The number of aromatic nitrogens is 3. The fraction of sp³-hybridized carbons (Fsp3) is 0.0455. The van der Waals surface area contributed by atoms with E-state index in [9.17, 15) is 8.78 Å². The molecule has 4 rings (SSSR count). The monoisotopic (exact) mass is 359 g/mol. The zero-order chi connectivity index (χ0) is 18.8. The predicted molar refractivity (Wildman–Crippen MR) is 101 cm³/mol. The van der Waals surface area contributed by atoms with E-state index in [1.807, 2.05) is 60.7 Å². The van der Waals surface area contributed by atoms with Crippen LogP contribution in [0.2, 0.25) is 0 Å². The van der Waals surface area contributed by atoms with Crippen LogP contribution in [0.3, 0.4) is 0 Å². The fourth-order valence-corrected chi connectivity index (χ4v) is 2.82. The summed E-state index contributed by atoms with van der Waals surface area (Å²) in [4.78, 5) is 13.4. The second kappa shape index (κ2) is 7.03. The highest BCUT2D eigenvalue weighted by Crippen LogP contribution is 2.27. The lowest BCUT2D eigenvalue weighted by Crippen LogP contribution is -2.02. The van der Waals surface area contributed by atoms with E-state index in [1.165, 1.54) is 6.07 Å². The molecule has 0 fully saturated rings. The smallest absolute Gasteiger partial charge is 0.169 e. The van der Waals surface area contributed by atoms with Crippen molar-refractivity contribution in [2.24, 2.45) is 0 Å². The Morgan fingerprint density at radius 2 is 1.11 bits per heavy atom. The Balaban J connectivity index is 1.97. The van der Waals surface area contributed by atoms with Gasteiger partial charge in [-0.2, -0.15) is 0 Å². The molecule has 0 bridgehead atoms. The topological polar surface area (TPSA) is 38.7 Å². The first-order chi connectivity index (χ1) is 13.1. The number of rotatable bonds is 3. The van der Waals surface area contributed by atoms with Gasteiger partial charge in [-0.3, -0.25) is 0 Å². The Hall–Kier alpha value is -3.47. The molecule has 3 aromatic carbocycles. The van der Waals surface area contributed by atoms with E-state index in [0.29, 0.717) is 17.2 Å². The maximum absolute atomic E-state index is 14.5. The van der Waals surface area contributed by atoms with Crippen LogP contribution in [0.1, 0.15) is 5.56 Å². The number of hydrogen-bond acceptors (Lipinski definition) is 3. The molecule has 4 aromatic rings. The number of hydrogen-bond donors (Lipinski definition) is 0. The highest BCUT2D eigenvalue weighted by atomic mass is 19.2.